The largest absolute Gasteiger partial charge is 0.463 e. The summed E-state index contributed by atoms with van der Waals surface area (Å²) in [5.41, 5.74) is 0.856. The summed E-state index contributed by atoms with van der Waals surface area (Å²) >= 11 is 0. The Morgan fingerprint density at radius 3 is 2.53 bits per heavy atom. The molecule has 0 fully saturated rings. The average molecular weight is 262 g/mol. The second-order valence-electron chi connectivity index (χ2n) is 4.04. The maximum atomic E-state index is 11.5. The second-order valence-corrected chi connectivity index (χ2v) is 4.04. The first-order valence-corrected chi connectivity index (χ1v) is 6.25. The molecule has 102 valence electrons. The summed E-state index contributed by atoms with van der Waals surface area (Å²) in [5.74, 6) is -0.645. The van der Waals surface area contributed by atoms with E-state index in [4.69, 9.17) is 9.47 Å². The van der Waals surface area contributed by atoms with Gasteiger partial charge in [0.2, 0.25) is 0 Å². The van der Waals surface area contributed by atoms with E-state index in [9.17, 15) is 9.59 Å². The molecule has 1 aromatic rings. The molecule has 0 aliphatic carbocycles. The summed E-state index contributed by atoms with van der Waals surface area (Å²) in [4.78, 5) is 22.7. The first kappa shape index (κ1) is 15.0. The highest BCUT2D eigenvalue weighted by Gasteiger charge is 2.04. The van der Waals surface area contributed by atoms with Crippen molar-refractivity contribution in [3.8, 4) is 5.75 Å². The van der Waals surface area contributed by atoms with Gasteiger partial charge >= 0.3 is 11.9 Å². The molecule has 0 atom stereocenters. The Morgan fingerprint density at radius 1 is 1.16 bits per heavy atom. The second kappa shape index (κ2) is 8.08. The van der Waals surface area contributed by atoms with Gasteiger partial charge < -0.3 is 9.47 Å². The summed E-state index contributed by atoms with van der Waals surface area (Å²) in [5, 5.41) is 0. The Bertz CT molecular complexity index is 463. The number of aryl methyl sites for hydroxylation is 1. The van der Waals surface area contributed by atoms with Crippen LogP contribution in [0.15, 0.2) is 36.4 Å². The molecule has 0 aliphatic heterocycles. The van der Waals surface area contributed by atoms with E-state index in [-0.39, 0.29) is 0 Å². The molecular formula is C15H18O4. The first-order chi connectivity index (χ1) is 9.13. The molecule has 4 heteroatoms. The van der Waals surface area contributed by atoms with Crippen LogP contribution >= 0.6 is 0 Å². The van der Waals surface area contributed by atoms with E-state index in [2.05, 4.69) is 0 Å². The van der Waals surface area contributed by atoms with Crippen molar-refractivity contribution in [1.29, 1.82) is 0 Å². The van der Waals surface area contributed by atoms with Crippen LogP contribution in [0, 0.1) is 6.92 Å². The van der Waals surface area contributed by atoms with E-state index in [1.165, 1.54) is 0 Å². The lowest BCUT2D eigenvalue weighted by atomic mass is 10.2. The molecule has 19 heavy (non-hydrogen) atoms. The SMILES string of the molecule is CCCCOC(=O)/C=C/C(=O)Oc1ccccc1C. The fraction of sp³-hybridized carbons (Fsp3) is 0.333. The van der Waals surface area contributed by atoms with Crippen molar-refractivity contribution >= 4 is 11.9 Å². The van der Waals surface area contributed by atoms with Crippen LogP contribution in [0.1, 0.15) is 25.3 Å². The number of para-hydroxylation sites is 1. The third kappa shape index (κ3) is 5.86. The molecule has 0 bridgehead atoms. The minimum absolute atomic E-state index is 0.368. The normalized spacial score (nSPS) is 10.4. The van der Waals surface area contributed by atoms with Crippen LogP contribution in [0.5, 0.6) is 5.75 Å². The van der Waals surface area contributed by atoms with E-state index in [0.29, 0.717) is 12.4 Å². The predicted molar refractivity (Wildman–Crippen MR) is 71.8 cm³/mol. The summed E-state index contributed by atoms with van der Waals surface area (Å²) in [6.07, 6.45) is 3.91. The van der Waals surface area contributed by atoms with Gasteiger partial charge in [0.15, 0.2) is 0 Å². The van der Waals surface area contributed by atoms with Gasteiger partial charge in [-0.2, -0.15) is 0 Å². The van der Waals surface area contributed by atoms with Crippen molar-refractivity contribution in [3.63, 3.8) is 0 Å². The highest BCUT2D eigenvalue weighted by Crippen LogP contribution is 2.16. The molecule has 0 unspecified atom stereocenters. The molecule has 0 aromatic heterocycles. The van der Waals surface area contributed by atoms with Gasteiger partial charge in [0.05, 0.1) is 6.61 Å². The quantitative estimate of drug-likeness (QED) is 0.342. The molecule has 0 radical (unpaired) electrons. The van der Waals surface area contributed by atoms with Gasteiger partial charge in [-0.15, -0.1) is 0 Å². The van der Waals surface area contributed by atoms with E-state index in [1.807, 2.05) is 26.0 Å². The van der Waals surface area contributed by atoms with Crippen molar-refractivity contribution in [2.24, 2.45) is 0 Å². The Morgan fingerprint density at radius 2 is 1.84 bits per heavy atom. The predicted octanol–water partition coefficient (Wildman–Crippen LogP) is 2.80. The molecule has 1 rings (SSSR count). The van der Waals surface area contributed by atoms with Crippen molar-refractivity contribution in [2.45, 2.75) is 26.7 Å². The minimum atomic E-state index is -0.596. The van der Waals surface area contributed by atoms with Gasteiger partial charge in [-0.25, -0.2) is 9.59 Å². The molecule has 0 N–H and O–H groups in total. The highest BCUT2D eigenvalue weighted by molar-refractivity contribution is 5.92. The number of benzene rings is 1. The lowest BCUT2D eigenvalue weighted by molar-refractivity contribution is -0.138. The van der Waals surface area contributed by atoms with Gasteiger partial charge in [-0.1, -0.05) is 31.5 Å². The Balaban J connectivity index is 2.43. The number of rotatable bonds is 6. The fourth-order valence-electron chi connectivity index (χ4n) is 1.31. The molecule has 1 aromatic carbocycles. The van der Waals surface area contributed by atoms with E-state index in [1.54, 1.807) is 12.1 Å². The van der Waals surface area contributed by atoms with E-state index >= 15 is 0 Å². The first-order valence-electron chi connectivity index (χ1n) is 6.25. The maximum absolute atomic E-state index is 11.5. The number of hydrogen-bond donors (Lipinski definition) is 0. The zero-order chi connectivity index (χ0) is 14.1. The van der Waals surface area contributed by atoms with Gasteiger partial charge in [-0.05, 0) is 25.0 Å². The number of esters is 2. The lowest BCUT2D eigenvalue weighted by Crippen LogP contribution is -2.07. The third-order valence-electron chi connectivity index (χ3n) is 2.40. The fourth-order valence-corrected chi connectivity index (χ4v) is 1.31. The third-order valence-corrected chi connectivity index (χ3v) is 2.40. The minimum Gasteiger partial charge on any atom is -0.463 e. The van der Waals surface area contributed by atoms with Crippen LogP contribution in [-0.2, 0) is 14.3 Å². The van der Waals surface area contributed by atoms with Crippen LogP contribution in [0.25, 0.3) is 0 Å². The lowest BCUT2D eigenvalue weighted by Gasteiger charge is -2.04. The van der Waals surface area contributed by atoms with Crippen LogP contribution < -0.4 is 4.74 Å². The summed E-state index contributed by atoms with van der Waals surface area (Å²) < 4.78 is 9.96. The molecule has 0 heterocycles. The Labute approximate surface area is 113 Å². The van der Waals surface area contributed by atoms with Gasteiger partial charge in [0.1, 0.15) is 5.75 Å². The van der Waals surface area contributed by atoms with Crippen LogP contribution in [0.3, 0.4) is 0 Å². The van der Waals surface area contributed by atoms with Crippen molar-refractivity contribution in [2.75, 3.05) is 6.61 Å². The van der Waals surface area contributed by atoms with Gasteiger partial charge in [0, 0.05) is 12.2 Å². The number of carbonyl (C=O) groups is 2. The maximum Gasteiger partial charge on any atom is 0.336 e. The van der Waals surface area contributed by atoms with E-state index < -0.39 is 11.9 Å². The molecular weight excluding hydrogens is 244 g/mol. The summed E-state index contributed by atoms with van der Waals surface area (Å²) in [6, 6.07) is 7.16. The van der Waals surface area contributed by atoms with E-state index in [0.717, 1.165) is 30.6 Å². The van der Waals surface area contributed by atoms with Crippen LogP contribution in [0.2, 0.25) is 0 Å². The van der Waals surface area contributed by atoms with Gasteiger partial charge in [0.25, 0.3) is 0 Å². The molecule has 0 aliphatic rings. The molecule has 4 nitrogen and oxygen atoms in total. The Hall–Kier alpha value is -2.10. The number of ether oxygens (including phenoxy) is 2. The van der Waals surface area contributed by atoms with Crippen molar-refractivity contribution in [3.05, 3.63) is 42.0 Å². The molecule has 0 saturated heterocycles. The zero-order valence-electron chi connectivity index (χ0n) is 11.2. The topological polar surface area (TPSA) is 52.6 Å². The number of carbonyl (C=O) groups excluding carboxylic acids is 2. The average Bonchev–Trinajstić information content (AvgIpc) is 2.39. The highest BCUT2D eigenvalue weighted by atomic mass is 16.5. The summed E-state index contributed by atoms with van der Waals surface area (Å²) in [7, 11) is 0. The summed E-state index contributed by atoms with van der Waals surface area (Å²) in [6.45, 7) is 4.21. The number of unbranched alkanes of at least 4 members (excludes halogenated alkanes) is 1. The standard InChI is InChI=1S/C15H18O4/c1-3-4-11-18-14(16)9-10-15(17)19-13-8-6-5-7-12(13)2/h5-10H,3-4,11H2,1-2H3/b10-9+. The van der Waals surface area contributed by atoms with Crippen molar-refractivity contribution in [1.82, 2.24) is 0 Å². The Kier molecular flexibility index (Phi) is 6.36. The number of hydrogen-bond acceptors (Lipinski definition) is 4. The van der Waals surface area contributed by atoms with Crippen LogP contribution in [0.4, 0.5) is 0 Å². The monoisotopic (exact) mass is 262 g/mol. The van der Waals surface area contributed by atoms with Crippen molar-refractivity contribution < 1.29 is 19.1 Å². The zero-order valence-corrected chi connectivity index (χ0v) is 11.2. The molecule has 0 spiro atoms. The smallest absolute Gasteiger partial charge is 0.336 e. The molecule has 0 saturated carbocycles. The van der Waals surface area contributed by atoms with Crippen LogP contribution in [-0.4, -0.2) is 18.5 Å². The van der Waals surface area contributed by atoms with Gasteiger partial charge in [-0.3, -0.25) is 0 Å². The molecule has 0 amide bonds.